The maximum Gasteiger partial charge on any atom is 0.240 e. The van der Waals surface area contributed by atoms with Crippen molar-refractivity contribution in [2.75, 3.05) is 11.9 Å². The summed E-state index contributed by atoms with van der Waals surface area (Å²) in [6.07, 6.45) is 5.33. The van der Waals surface area contributed by atoms with Crippen LogP contribution in [-0.4, -0.2) is 26.0 Å². The van der Waals surface area contributed by atoms with E-state index < -0.39 is 10.0 Å². The summed E-state index contributed by atoms with van der Waals surface area (Å²) in [5.74, 6) is 0.576. The second kappa shape index (κ2) is 9.72. The lowest BCUT2D eigenvalue weighted by atomic mass is 10.0. The number of benzene rings is 2. The summed E-state index contributed by atoms with van der Waals surface area (Å²) in [7, 11) is -3.62. The fraction of sp³-hybridized carbons (Fsp3) is 0.280. The number of aromatic nitrogens is 1. The van der Waals surface area contributed by atoms with Crippen molar-refractivity contribution in [1.29, 1.82) is 0 Å². The SMILES string of the molecule is Cc1noc(/C=C\c2ccc(S(=O)(=O)NC[C@@H](C)c3ccccc3)cc2)c1NC(=O)C1CC1. The van der Waals surface area contributed by atoms with Crippen LogP contribution in [0.4, 0.5) is 5.69 Å². The molecular weight excluding hydrogens is 438 g/mol. The average Bonchev–Trinajstić information content (AvgIpc) is 3.62. The summed E-state index contributed by atoms with van der Waals surface area (Å²) in [6, 6.07) is 16.4. The van der Waals surface area contributed by atoms with Crippen LogP contribution in [0.15, 0.2) is 64.0 Å². The second-order valence-corrected chi connectivity index (χ2v) is 10.1. The number of nitrogens with one attached hydrogen (secondary N) is 2. The molecule has 1 aromatic heterocycles. The zero-order chi connectivity index (χ0) is 23.4. The zero-order valence-electron chi connectivity index (χ0n) is 18.6. The van der Waals surface area contributed by atoms with Crippen molar-refractivity contribution in [3.05, 3.63) is 77.2 Å². The van der Waals surface area contributed by atoms with Crippen LogP contribution in [0.3, 0.4) is 0 Å². The third kappa shape index (κ3) is 5.77. The molecule has 1 aliphatic rings. The predicted octanol–water partition coefficient (Wildman–Crippen LogP) is 4.58. The van der Waals surface area contributed by atoms with Gasteiger partial charge in [-0.25, -0.2) is 13.1 Å². The third-order valence-corrected chi connectivity index (χ3v) is 7.09. The number of nitrogens with zero attached hydrogens (tertiary/aromatic N) is 1. The van der Waals surface area contributed by atoms with Gasteiger partial charge >= 0.3 is 0 Å². The Morgan fingerprint density at radius 2 is 1.82 bits per heavy atom. The van der Waals surface area contributed by atoms with Crippen LogP contribution in [0.1, 0.15) is 48.3 Å². The summed E-state index contributed by atoms with van der Waals surface area (Å²) >= 11 is 0. The van der Waals surface area contributed by atoms with E-state index >= 15 is 0 Å². The molecule has 3 aromatic rings. The summed E-state index contributed by atoms with van der Waals surface area (Å²) in [4.78, 5) is 12.3. The number of carbonyl (C=O) groups excluding carboxylic acids is 1. The Morgan fingerprint density at radius 3 is 2.48 bits per heavy atom. The summed E-state index contributed by atoms with van der Waals surface area (Å²) in [5, 5.41) is 6.82. The smallest absolute Gasteiger partial charge is 0.240 e. The van der Waals surface area contributed by atoms with Crippen LogP contribution in [0.2, 0.25) is 0 Å². The van der Waals surface area contributed by atoms with Crippen LogP contribution in [0.25, 0.3) is 12.2 Å². The van der Waals surface area contributed by atoms with Gasteiger partial charge in [0.1, 0.15) is 11.4 Å². The molecule has 0 radical (unpaired) electrons. The Bertz CT molecular complexity index is 1240. The quantitative estimate of drug-likeness (QED) is 0.482. The highest BCUT2D eigenvalue weighted by molar-refractivity contribution is 7.89. The number of aryl methyl sites for hydroxylation is 1. The summed E-state index contributed by atoms with van der Waals surface area (Å²) < 4.78 is 33.4. The minimum Gasteiger partial charge on any atom is -0.354 e. The normalized spacial score (nSPS) is 15.0. The van der Waals surface area contributed by atoms with Gasteiger partial charge in [0.15, 0.2) is 5.76 Å². The largest absolute Gasteiger partial charge is 0.354 e. The Hall–Kier alpha value is -3.23. The van der Waals surface area contributed by atoms with Crippen LogP contribution < -0.4 is 10.0 Å². The number of amides is 1. The highest BCUT2D eigenvalue weighted by Crippen LogP contribution is 2.32. The van der Waals surface area contributed by atoms with E-state index in [9.17, 15) is 13.2 Å². The lowest BCUT2D eigenvalue weighted by Gasteiger charge is -2.13. The van der Waals surface area contributed by atoms with Gasteiger partial charge in [-0.2, -0.15) is 0 Å². The van der Waals surface area contributed by atoms with Gasteiger partial charge in [-0.15, -0.1) is 0 Å². The maximum atomic E-state index is 12.7. The van der Waals surface area contributed by atoms with E-state index in [0.717, 1.165) is 24.0 Å². The third-order valence-electron chi connectivity index (χ3n) is 5.65. The van der Waals surface area contributed by atoms with Crippen molar-refractivity contribution >= 4 is 33.8 Å². The molecule has 33 heavy (non-hydrogen) atoms. The first kappa shape index (κ1) is 22.9. The highest BCUT2D eigenvalue weighted by atomic mass is 32.2. The first-order valence-electron chi connectivity index (χ1n) is 10.9. The Labute approximate surface area is 193 Å². The van der Waals surface area contributed by atoms with Crippen molar-refractivity contribution in [1.82, 2.24) is 9.88 Å². The molecule has 1 fully saturated rings. The van der Waals surface area contributed by atoms with E-state index in [1.807, 2.05) is 37.3 Å². The average molecular weight is 466 g/mol. The molecule has 8 heteroatoms. The van der Waals surface area contributed by atoms with Gasteiger partial charge in [0.25, 0.3) is 0 Å². The highest BCUT2D eigenvalue weighted by Gasteiger charge is 2.30. The number of anilines is 1. The van der Waals surface area contributed by atoms with Gasteiger partial charge in [-0.3, -0.25) is 4.79 Å². The molecule has 0 spiro atoms. The van der Waals surface area contributed by atoms with Crippen molar-refractivity contribution in [2.24, 2.45) is 5.92 Å². The zero-order valence-corrected chi connectivity index (χ0v) is 19.4. The molecule has 4 rings (SSSR count). The van der Waals surface area contributed by atoms with E-state index in [2.05, 4.69) is 15.2 Å². The first-order valence-corrected chi connectivity index (χ1v) is 12.4. The first-order chi connectivity index (χ1) is 15.8. The second-order valence-electron chi connectivity index (χ2n) is 8.34. The molecule has 2 aromatic carbocycles. The standard InChI is InChI=1S/C25H27N3O4S/c1-17(20-6-4-3-5-7-20)16-26-33(30,31)22-13-8-19(9-14-22)10-15-23-24(18(2)28-32-23)27-25(29)21-11-12-21/h3-10,13-15,17,21,26H,11-12,16H2,1-2H3,(H,27,29)/b15-10-/t17-/m1/s1. The number of hydrogen-bond donors (Lipinski definition) is 2. The molecule has 1 saturated carbocycles. The van der Waals surface area contributed by atoms with Gasteiger partial charge in [-0.1, -0.05) is 60.6 Å². The molecule has 172 valence electrons. The van der Waals surface area contributed by atoms with Crippen molar-refractivity contribution < 1.29 is 17.7 Å². The Kier molecular flexibility index (Phi) is 6.76. The van der Waals surface area contributed by atoms with Crippen LogP contribution in [-0.2, 0) is 14.8 Å². The Morgan fingerprint density at radius 1 is 1.12 bits per heavy atom. The molecule has 0 unspecified atom stereocenters. The van der Waals surface area contributed by atoms with E-state index in [0.29, 0.717) is 23.7 Å². The number of sulfonamides is 1. The van der Waals surface area contributed by atoms with E-state index in [1.165, 1.54) is 0 Å². The van der Waals surface area contributed by atoms with Gasteiger partial charge in [-0.05, 0) is 55.0 Å². The van der Waals surface area contributed by atoms with E-state index in [-0.39, 0.29) is 22.6 Å². The molecular formula is C25H27N3O4S. The number of hydrogen-bond acceptors (Lipinski definition) is 5. The summed E-state index contributed by atoms with van der Waals surface area (Å²) in [6.45, 7) is 4.07. The van der Waals surface area contributed by atoms with Gasteiger partial charge in [0.2, 0.25) is 15.9 Å². The number of rotatable bonds is 9. The molecule has 1 heterocycles. The van der Waals surface area contributed by atoms with Crippen LogP contribution >= 0.6 is 0 Å². The lowest BCUT2D eigenvalue weighted by Crippen LogP contribution is -2.27. The molecule has 2 N–H and O–H groups in total. The predicted molar refractivity (Wildman–Crippen MR) is 128 cm³/mol. The van der Waals surface area contributed by atoms with Gasteiger partial charge < -0.3 is 9.84 Å². The lowest BCUT2D eigenvalue weighted by molar-refractivity contribution is -0.117. The maximum absolute atomic E-state index is 12.7. The monoisotopic (exact) mass is 465 g/mol. The van der Waals surface area contributed by atoms with Crippen LogP contribution in [0.5, 0.6) is 0 Å². The van der Waals surface area contributed by atoms with Gasteiger partial charge in [0, 0.05) is 12.5 Å². The molecule has 7 nitrogen and oxygen atoms in total. The van der Waals surface area contributed by atoms with Crippen molar-refractivity contribution in [3.8, 4) is 0 Å². The minimum atomic E-state index is -3.62. The molecule has 1 atom stereocenters. The fourth-order valence-corrected chi connectivity index (χ4v) is 4.50. The molecule has 1 amide bonds. The van der Waals surface area contributed by atoms with E-state index in [4.69, 9.17) is 4.52 Å². The summed E-state index contributed by atoms with van der Waals surface area (Å²) in [5.41, 5.74) is 3.05. The van der Waals surface area contributed by atoms with Crippen molar-refractivity contribution in [3.63, 3.8) is 0 Å². The Balaban J connectivity index is 1.40. The van der Waals surface area contributed by atoms with Crippen molar-refractivity contribution in [2.45, 2.75) is 37.5 Å². The topological polar surface area (TPSA) is 101 Å². The minimum absolute atomic E-state index is 0.0143. The van der Waals surface area contributed by atoms with Crippen LogP contribution in [0, 0.1) is 12.8 Å². The fourth-order valence-electron chi connectivity index (χ4n) is 3.37. The molecule has 0 aliphatic heterocycles. The molecule has 0 bridgehead atoms. The van der Waals surface area contributed by atoms with Gasteiger partial charge in [0.05, 0.1) is 4.90 Å². The van der Waals surface area contributed by atoms with E-state index in [1.54, 1.807) is 43.3 Å². The molecule has 1 aliphatic carbocycles. The molecule has 0 saturated heterocycles. The number of carbonyl (C=O) groups is 1.